The van der Waals surface area contributed by atoms with Gasteiger partial charge in [0.2, 0.25) is 5.91 Å². The molecule has 2 heterocycles. The molecule has 7 nitrogen and oxygen atoms in total. The van der Waals surface area contributed by atoms with Crippen LogP contribution < -0.4 is 10.0 Å². The lowest BCUT2D eigenvalue weighted by atomic mass is 10.1. The molecule has 0 unspecified atom stereocenters. The standard InChI is InChI=1S/C24H20N4O3S/c29-24(27-19-8-7-18-15-25-11-9-16(18)12-19)22-14-21(22)17-4-3-5-20(13-17)32(30,31)28-23-6-1-2-10-26-23/h1-13,15,21-22H,14H2,(H,26,28)(H,27,29)/t21-,22+/m0/s1. The number of amides is 1. The first kappa shape index (κ1) is 20.1. The molecule has 0 saturated heterocycles. The van der Waals surface area contributed by atoms with Gasteiger partial charge in [0, 0.05) is 35.6 Å². The number of nitrogens with one attached hydrogen (secondary N) is 2. The van der Waals surface area contributed by atoms with Crippen LogP contribution in [0.5, 0.6) is 0 Å². The Kier molecular flexibility index (Phi) is 5.07. The molecular weight excluding hydrogens is 424 g/mol. The van der Waals surface area contributed by atoms with Gasteiger partial charge in [0.15, 0.2) is 0 Å². The summed E-state index contributed by atoms with van der Waals surface area (Å²) < 4.78 is 27.9. The van der Waals surface area contributed by atoms with E-state index in [4.69, 9.17) is 0 Å². The summed E-state index contributed by atoms with van der Waals surface area (Å²) in [5.41, 5.74) is 1.56. The number of rotatable bonds is 6. The third kappa shape index (κ3) is 4.17. The fourth-order valence-electron chi connectivity index (χ4n) is 3.78. The molecule has 1 aliphatic rings. The molecule has 1 amide bonds. The number of carbonyl (C=O) groups excluding carboxylic acids is 1. The molecule has 4 aromatic rings. The van der Waals surface area contributed by atoms with E-state index in [1.54, 1.807) is 42.7 Å². The van der Waals surface area contributed by atoms with Gasteiger partial charge in [0.05, 0.1) is 4.90 Å². The van der Waals surface area contributed by atoms with Gasteiger partial charge in [-0.25, -0.2) is 13.4 Å². The lowest BCUT2D eigenvalue weighted by Crippen LogP contribution is -2.15. The van der Waals surface area contributed by atoms with Gasteiger partial charge in [0.1, 0.15) is 5.82 Å². The summed E-state index contributed by atoms with van der Waals surface area (Å²) >= 11 is 0. The molecule has 2 atom stereocenters. The summed E-state index contributed by atoms with van der Waals surface area (Å²) in [5, 5.41) is 4.98. The largest absolute Gasteiger partial charge is 0.326 e. The molecule has 2 aromatic heterocycles. The topological polar surface area (TPSA) is 101 Å². The molecule has 1 fully saturated rings. The highest BCUT2D eigenvalue weighted by molar-refractivity contribution is 7.92. The highest BCUT2D eigenvalue weighted by atomic mass is 32.2. The van der Waals surface area contributed by atoms with Gasteiger partial charge in [0.25, 0.3) is 10.0 Å². The maximum atomic E-state index is 12.8. The number of anilines is 2. The lowest BCUT2D eigenvalue weighted by Gasteiger charge is -2.09. The summed E-state index contributed by atoms with van der Waals surface area (Å²) in [6.45, 7) is 0. The van der Waals surface area contributed by atoms with E-state index in [2.05, 4.69) is 20.0 Å². The molecule has 0 radical (unpaired) electrons. The Morgan fingerprint density at radius 2 is 1.84 bits per heavy atom. The van der Waals surface area contributed by atoms with Gasteiger partial charge in [-0.15, -0.1) is 0 Å². The molecule has 160 valence electrons. The number of nitrogens with zero attached hydrogens (tertiary/aromatic N) is 2. The Morgan fingerprint density at radius 3 is 2.69 bits per heavy atom. The number of sulfonamides is 1. The SMILES string of the molecule is O=C(Nc1ccc2cnccc2c1)[C@@H]1C[C@H]1c1cccc(S(=O)(=O)Nc2ccccn2)c1. The summed E-state index contributed by atoms with van der Waals surface area (Å²) in [7, 11) is -3.77. The zero-order chi connectivity index (χ0) is 22.1. The van der Waals surface area contributed by atoms with Crippen molar-refractivity contribution < 1.29 is 13.2 Å². The van der Waals surface area contributed by atoms with Crippen LogP contribution >= 0.6 is 0 Å². The zero-order valence-electron chi connectivity index (χ0n) is 17.0. The quantitative estimate of drug-likeness (QED) is 0.465. The summed E-state index contributed by atoms with van der Waals surface area (Å²) in [5.74, 6) is -0.00878. The predicted molar refractivity (Wildman–Crippen MR) is 123 cm³/mol. The van der Waals surface area contributed by atoms with Gasteiger partial charge < -0.3 is 5.32 Å². The molecule has 1 aliphatic carbocycles. The highest BCUT2D eigenvalue weighted by Gasteiger charge is 2.44. The van der Waals surface area contributed by atoms with E-state index >= 15 is 0 Å². The van der Waals surface area contributed by atoms with Crippen LogP contribution in [-0.4, -0.2) is 24.3 Å². The van der Waals surface area contributed by atoms with Crippen molar-refractivity contribution in [3.8, 4) is 0 Å². The Morgan fingerprint density at radius 1 is 0.938 bits per heavy atom. The van der Waals surface area contributed by atoms with Crippen LogP contribution in [0.3, 0.4) is 0 Å². The van der Waals surface area contributed by atoms with Crippen LogP contribution in [0.2, 0.25) is 0 Å². The summed E-state index contributed by atoms with van der Waals surface area (Å²) in [6.07, 6.45) is 5.70. The average molecular weight is 445 g/mol. The van der Waals surface area contributed by atoms with Crippen molar-refractivity contribution in [2.75, 3.05) is 10.0 Å². The minimum atomic E-state index is -3.77. The van der Waals surface area contributed by atoms with Crippen LogP contribution in [0.15, 0.2) is 90.2 Å². The van der Waals surface area contributed by atoms with E-state index < -0.39 is 10.0 Å². The Labute approximate surface area is 185 Å². The Bertz CT molecular complexity index is 1410. The molecule has 2 aromatic carbocycles. The highest BCUT2D eigenvalue weighted by Crippen LogP contribution is 2.48. The van der Waals surface area contributed by atoms with E-state index in [0.29, 0.717) is 6.42 Å². The van der Waals surface area contributed by atoms with Crippen molar-refractivity contribution in [2.45, 2.75) is 17.2 Å². The van der Waals surface area contributed by atoms with Crippen molar-refractivity contribution in [1.82, 2.24) is 9.97 Å². The fraction of sp³-hybridized carbons (Fsp3) is 0.125. The van der Waals surface area contributed by atoms with E-state index in [-0.39, 0.29) is 28.5 Å². The number of aromatic nitrogens is 2. The van der Waals surface area contributed by atoms with Crippen LogP contribution in [-0.2, 0) is 14.8 Å². The van der Waals surface area contributed by atoms with Crippen molar-refractivity contribution in [3.63, 3.8) is 0 Å². The first-order valence-corrected chi connectivity index (χ1v) is 11.7. The van der Waals surface area contributed by atoms with Crippen molar-refractivity contribution in [2.24, 2.45) is 5.92 Å². The monoisotopic (exact) mass is 444 g/mol. The lowest BCUT2D eigenvalue weighted by molar-refractivity contribution is -0.117. The predicted octanol–water partition coefficient (Wildman–Crippen LogP) is 4.17. The van der Waals surface area contributed by atoms with E-state index in [1.165, 1.54) is 12.3 Å². The third-order valence-corrected chi connectivity index (χ3v) is 6.89. The number of hydrogen-bond acceptors (Lipinski definition) is 5. The smallest absolute Gasteiger partial charge is 0.263 e. The maximum Gasteiger partial charge on any atom is 0.263 e. The van der Waals surface area contributed by atoms with Crippen molar-refractivity contribution in [3.05, 3.63) is 90.9 Å². The second kappa shape index (κ2) is 8.05. The molecule has 0 bridgehead atoms. The van der Waals surface area contributed by atoms with E-state index in [1.807, 2.05) is 30.3 Å². The normalized spacial score (nSPS) is 17.6. The van der Waals surface area contributed by atoms with Gasteiger partial charge in [-0.2, -0.15) is 0 Å². The van der Waals surface area contributed by atoms with Crippen LogP contribution in [0.4, 0.5) is 11.5 Å². The van der Waals surface area contributed by atoms with Gasteiger partial charge in [-0.1, -0.05) is 24.3 Å². The van der Waals surface area contributed by atoms with E-state index in [0.717, 1.165) is 22.0 Å². The van der Waals surface area contributed by atoms with Crippen LogP contribution in [0.25, 0.3) is 10.8 Å². The van der Waals surface area contributed by atoms with Crippen LogP contribution in [0.1, 0.15) is 17.9 Å². The molecule has 8 heteroatoms. The van der Waals surface area contributed by atoms with E-state index in [9.17, 15) is 13.2 Å². The van der Waals surface area contributed by atoms with Gasteiger partial charge in [-0.3, -0.25) is 14.5 Å². The molecular formula is C24H20N4O3S. The van der Waals surface area contributed by atoms with Crippen molar-refractivity contribution in [1.29, 1.82) is 0 Å². The number of hydrogen-bond donors (Lipinski definition) is 2. The second-order valence-electron chi connectivity index (χ2n) is 7.77. The van der Waals surface area contributed by atoms with Gasteiger partial charge in [-0.05, 0) is 65.8 Å². The molecule has 5 rings (SSSR count). The summed E-state index contributed by atoms with van der Waals surface area (Å²) in [4.78, 5) is 21.0. The zero-order valence-corrected chi connectivity index (χ0v) is 17.8. The first-order valence-electron chi connectivity index (χ1n) is 10.2. The summed E-state index contributed by atoms with van der Waals surface area (Å²) in [6, 6.07) is 19.3. The number of carbonyl (C=O) groups is 1. The fourth-order valence-corrected chi connectivity index (χ4v) is 4.84. The number of benzene rings is 2. The molecule has 0 spiro atoms. The van der Waals surface area contributed by atoms with Crippen molar-refractivity contribution >= 4 is 38.2 Å². The minimum Gasteiger partial charge on any atom is -0.326 e. The number of pyridine rings is 2. The van der Waals surface area contributed by atoms with Gasteiger partial charge >= 0.3 is 0 Å². The average Bonchev–Trinajstić information content (AvgIpc) is 3.61. The van der Waals surface area contributed by atoms with Crippen LogP contribution in [0, 0.1) is 5.92 Å². The first-order chi connectivity index (χ1) is 15.5. The number of fused-ring (bicyclic) bond motifs is 1. The molecule has 1 saturated carbocycles. The molecule has 2 N–H and O–H groups in total. The minimum absolute atomic E-state index is 0.00958. The maximum absolute atomic E-state index is 12.8. The molecule has 0 aliphatic heterocycles. The Balaban J connectivity index is 1.29. The molecule has 32 heavy (non-hydrogen) atoms. The third-order valence-electron chi connectivity index (χ3n) is 5.54. The Hall–Kier alpha value is -3.78. The second-order valence-corrected chi connectivity index (χ2v) is 9.45.